The molecule has 0 bridgehead atoms. The van der Waals surface area contributed by atoms with Crippen molar-refractivity contribution in [3.05, 3.63) is 100.0 Å². The summed E-state index contributed by atoms with van der Waals surface area (Å²) in [7, 11) is 1.75. The molecule has 0 spiro atoms. The molecule has 1 aromatic heterocycles. The number of rotatable bonds is 13. The zero-order chi connectivity index (χ0) is 29.0. The van der Waals surface area contributed by atoms with E-state index in [0.29, 0.717) is 23.9 Å². The van der Waals surface area contributed by atoms with Gasteiger partial charge in [0.25, 0.3) is 0 Å². The second-order valence-corrected chi connectivity index (χ2v) is 10.9. The van der Waals surface area contributed by atoms with Crippen molar-refractivity contribution in [2.75, 3.05) is 12.4 Å². The summed E-state index contributed by atoms with van der Waals surface area (Å²) in [5.74, 6) is 0.375. The van der Waals surface area contributed by atoms with Crippen LogP contribution in [0.15, 0.2) is 78.3 Å². The molecule has 214 valence electrons. The average molecular weight is 574 g/mol. The van der Waals surface area contributed by atoms with Gasteiger partial charge in [0.2, 0.25) is 22.9 Å². The summed E-state index contributed by atoms with van der Waals surface area (Å²) < 4.78 is 0. The molecule has 4 N–H and O–H groups in total. The van der Waals surface area contributed by atoms with Gasteiger partial charge in [-0.05, 0) is 48.1 Å². The van der Waals surface area contributed by atoms with Gasteiger partial charge in [-0.3, -0.25) is 19.8 Å². The number of unbranched alkanes of at least 4 members (excludes halogenated alkanes) is 1. The van der Waals surface area contributed by atoms with E-state index in [9.17, 15) is 14.4 Å². The van der Waals surface area contributed by atoms with E-state index in [1.165, 1.54) is 18.3 Å². The highest BCUT2D eigenvalue weighted by atomic mass is 32.1. The maximum atomic E-state index is 12.5. The Labute approximate surface area is 243 Å². The van der Waals surface area contributed by atoms with E-state index in [1.54, 1.807) is 11.9 Å². The number of hydrazine groups is 1. The number of carbonyl (C=O) groups excluding carboxylic acids is 3. The van der Waals surface area contributed by atoms with E-state index in [2.05, 4.69) is 31.7 Å². The number of hydrogen-bond donors (Lipinski definition) is 4. The van der Waals surface area contributed by atoms with Gasteiger partial charge in [-0.25, -0.2) is 0 Å². The predicted octanol–water partition coefficient (Wildman–Crippen LogP) is 3.60. The summed E-state index contributed by atoms with van der Waals surface area (Å²) in [6.45, 7) is 2.03. The minimum absolute atomic E-state index is 0.00674. The predicted molar refractivity (Wildman–Crippen MR) is 159 cm³/mol. The van der Waals surface area contributed by atoms with Crippen LogP contribution in [0.2, 0.25) is 0 Å². The average Bonchev–Trinajstić information content (AvgIpc) is 3.39. The van der Waals surface area contributed by atoms with Gasteiger partial charge in [0.05, 0.1) is 12.8 Å². The van der Waals surface area contributed by atoms with Crippen LogP contribution in [0.5, 0.6) is 0 Å². The summed E-state index contributed by atoms with van der Waals surface area (Å²) in [6, 6.07) is 17.3. The molecule has 3 aromatic rings. The van der Waals surface area contributed by atoms with Crippen LogP contribution in [0, 0.1) is 0 Å². The van der Waals surface area contributed by atoms with E-state index in [0.717, 1.165) is 53.1 Å². The number of aromatic nitrogens is 2. The van der Waals surface area contributed by atoms with E-state index in [1.807, 2.05) is 66.7 Å². The molecule has 0 fully saturated rings. The minimum atomic E-state index is -0.156. The molecule has 4 rings (SSSR count). The van der Waals surface area contributed by atoms with Gasteiger partial charge in [-0.2, -0.15) is 0 Å². The fraction of sp³-hybridized carbons (Fsp3) is 0.300. The molecule has 1 aliphatic rings. The quantitative estimate of drug-likeness (QED) is 0.230. The maximum absolute atomic E-state index is 12.5. The number of hydrogen-bond acceptors (Lipinski definition) is 8. The molecule has 2 aromatic carbocycles. The lowest BCUT2D eigenvalue weighted by Gasteiger charge is -2.20. The van der Waals surface area contributed by atoms with Crippen molar-refractivity contribution in [1.29, 1.82) is 0 Å². The third-order valence-electron chi connectivity index (χ3n) is 6.40. The number of carbonyl (C=O) groups is 3. The second-order valence-electron chi connectivity index (χ2n) is 9.86. The van der Waals surface area contributed by atoms with Crippen LogP contribution in [0.1, 0.15) is 47.9 Å². The van der Waals surface area contributed by atoms with Gasteiger partial charge >= 0.3 is 0 Å². The Hall–Kier alpha value is -4.51. The Bertz CT molecular complexity index is 1420. The van der Waals surface area contributed by atoms with Crippen LogP contribution in [0.3, 0.4) is 0 Å². The number of benzene rings is 2. The molecule has 0 unspecified atom stereocenters. The second kappa shape index (κ2) is 14.8. The van der Waals surface area contributed by atoms with Crippen molar-refractivity contribution in [3.8, 4) is 0 Å². The van der Waals surface area contributed by atoms with Crippen molar-refractivity contribution in [2.24, 2.45) is 0 Å². The molecule has 41 heavy (non-hydrogen) atoms. The fourth-order valence-corrected chi connectivity index (χ4v) is 4.98. The Morgan fingerprint density at radius 2 is 1.54 bits per heavy atom. The molecular formula is C30H35N7O3S. The van der Waals surface area contributed by atoms with E-state index >= 15 is 0 Å². The summed E-state index contributed by atoms with van der Waals surface area (Å²) >= 11 is 1.39. The Kier molecular flexibility index (Phi) is 10.6. The smallest absolute Gasteiger partial charge is 0.230 e. The molecule has 0 atom stereocenters. The standard InChI is InChI=1S/C30H35N7O3S/c1-21(38)37(2)20-24-12-8-11-23(17-24)19-28(40)32-30-36-35-29(41-30)14-7-6-13-25-15-16-26(34-33-25)31-27(39)18-22-9-4-3-5-10-22/h3-5,8-12,15-17,33-34H,6-7,13-14,18-20H2,1-2H3,(H,31,39)(H,32,36,40). The first-order valence-electron chi connectivity index (χ1n) is 13.5. The molecule has 0 saturated carbocycles. The number of amides is 3. The number of nitrogens with zero attached hydrogens (tertiary/aromatic N) is 3. The lowest BCUT2D eigenvalue weighted by Crippen LogP contribution is -2.41. The Morgan fingerprint density at radius 1 is 0.829 bits per heavy atom. The maximum Gasteiger partial charge on any atom is 0.230 e. The molecule has 1 aliphatic heterocycles. The van der Waals surface area contributed by atoms with Gasteiger partial charge < -0.3 is 21.0 Å². The molecule has 10 nitrogen and oxygen atoms in total. The summed E-state index contributed by atoms with van der Waals surface area (Å²) in [5, 5.41) is 15.4. The van der Waals surface area contributed by atoms with Gasteiger partial charge in [-0.15, -0.1) is 10.2 Å². The number of aryl methyl sites for hydroxylation is 1. The highest BCUT2D eigenvalue weighted by Crippen LogP contribution is 2.19. The zero-order valence-electron chi connectivity index (χ0n) is 23.3. The van der Waals surface area contributed by atoms with Crippen molar-refractivity contribution in [2.45, 2.75) is 52.0 Å². The summed E-state index contributed by atoms with van der Waals surface area (Å²) in [4.78, 5) is 37.9. The van der Waals surface area contributed by atoms with Gasteiger partial charge in [0.15, 0.2) is 0 Å². The topological polar surface area (TPSA) is 128 Å². The number of nitrogens with one attached hydrogen (secondary N) is 4. The van der Waals surface area contributed by atoms with Crippen LogP contribution >= 0.6 is 11.3 Å². The number of allylic oxidation sites excluding steroid dienone is 3. The van der Waals surface area contributed by atoms with E-state index in [4.69, 9.17) is 0 Å². The SMILES string of the molecule is CC(=O)N(C)Cc1cccc(CC(=O)Nc2nnc(CCCCC3=CC=C(NC(=O)Cc4ccccc4)NN3)s2)c1. The van der Waals surface area contributed by atoms with Crippen molar-refractivity contribution >= 4 is 34.2 Å². The first kappa shape index (κ1) is 29.5. The lowest BCUT2D eigenvalue weighted by atomic mass is 10.1. The Balaban J connectivity index is 1.15. The van der Waals surface area contributed by atoms with Crippen LogP contribution in [-0.4, -0.2) is 39.9 Å². The summed E-state index contributed by atoms with van der Waals surface area (Å²) in [6.07, 6.45) is 7.85. The molecule has 0 aliphatic carbocycles. The molecule has 3 amide bonds. The van der Waals surface area contributed by atoms with E-state index in [-0.39, 0.29) is 24.1 Å². The normalized spacial score (nSPS) is 12.3. The molecule has 0 saturated heterocycles. The molecule has 11 heteroatoms. The van der Waals surface area contributed by atoms with Crippen LogP contribution < -0.4 is 21.5 Å². The first-order chi connectivity index (χ1) is 19.8. The van der Waals surface area contributed by atoms with Gasteiger partial charge in [-0.1, -0.05) is 65.9 Å². The van der Waals surface area contributed by atoms with Gasteiger partial charge in [0.1, 0.15) is 10.8 Å². The third kappa shape index (κ3) is 9.87. The van der Waals surface area contributed by atoms with Crippen LogP contribution in [-0.2, 0) is 40.2 Å². The lowest BCUT2D eigenvalue weighted by molar-refractivity contribution is -0.128. The third-order valence-corrected chi connectivity index (χ3v) is 7.30. The highest BCUT2D eigenvalue weighted by molar-refractivity contribution is 7.15. The molecular weight excluding hydrogens is 538 g/mol. The zero-order valence-corrected chi connectivity index (χ0v) is 24.1. The van der Waals surface area contributed by atoms with Gasteiger partial charge in [0, 0.05) is 32.6 Å². The van der Waals surface area contributed by atoms with Crippen molar-refractivity contribution in [3.63, 3.8) is 0 Å². The van der Waals surface area contributed by atoms with Crippen LogP contribution in [0.4, 0.5) is 5.13 Å². The fourth-order valence-electron chi connectivity index (χ4n) is 4.18. The molecule has 0 radical (unpaired) electrons. The van der Waals surface area contributed by atoms with Crippen molar-refractivity contribution in [1.82, 2.24) is 31.3 Å². The molecule has 2 heterocycles. The van der Waals surface area contributed by atoms with Crippen LogP contribution in [0.25, 0.3) is 0 Å². The first-order valence-corrected chi connectivity index (χ1v) is 14.3. The van der Waals surface area contributed by atoms with E-state index < -0.39 is 0 Å². The van der Waals surface area contributed by atoms with Crippen molar-refractivity contribution < 1.29 is 14.4 Å². The largest absolute Gasteiger partial charge is 0.342 e. The minimum Gasteiger partial charge on any atom is -0.342 e. The highest BCUT2D eigenvalue weighted by Gasteiger charge is 2.12. The summed E-state index contributed by atoms with van der Waals surface area (Å²) in [5.41, 5.74) is 10.0. The monoisotopic (exact) mass is 573 g/mol. The Morgan fingerprint density at radius 3 is 2.29 bits per heavy atom. The number of anilines is 1.